The van der Waals surface area contributed by atoms with Crippen molar-refractivity contribution in [2.75, 3.05) is 0 Å². The molecule has 0 unspecified atom stereocenters. The molecule has 0 N–H and O–H groups in total. The molecular weight excluding hydrogens is 290 g/mol. The standard InChI is InChI=1S/C15H16BrNO/c1-9-5-13(6-10(2)15(9)16)17-11(3)7-14(18)8-12(17)4/h5-8H,1-4H3. The molecule has 2 aromatic rings. The van der Waals surface area contributed by atoms with Crippen LogP contribution in [0, 0.1) is 27.7 Å². The highest BCUT2D eigenvalue weighted by Crippen LogP contribution is 2.25. The van der Waals surface area contributed by atoms with Crippen LogP contribution in [0.3, 0.4) is 0 Å². The number of hydrogen-bond acceptors (Lipinski definition) is 1. The fraction of sp³-hybridized carbons (Fsp3) is 0.267. The zero-order valence-electron chi connectivity index (χ0n) is 11.0. The van der Waals surface area contributed by atoms with Crippen LogP contribution in [0.1, 0.15) is 22.5 Å². The van der Waals surface area contributed by atoms with E-state index in [1.807, 2.05) is 13.8 Å². The summed E-state index contributed by atoms with van der Waals surface area (Å²) < 4.78 is 3.25. The van der Waals surface area contributed by atoms with Gasteiger partial charge in [0.15, 0.2) is 5.43 Å². The maximum atomic E-state index is 11.5. The Labute approximate surface area is 115 Å². The second-order valence-electron chi connectivity index (χ2n) is 4.70. The van der Waals surface area contributed by atoms with Crippen molar-refractivity contribution in [3.8, 4) is 5.69 Å². The molecule has 1 heterocycles. The minimum atomic E-state index is 0.0619. The molecule has 2 nitrogen and oxygen atoms in total. The van der Waals surface area contributed by atoms with E-state index in [1.165, 1.54) is 11.1 Å². The number of aryl methyl sites for hydroxylation is 4. The van der Waals surface area contributed by atoms with Gasteiger partial charge in [-0.05, 0) is 51.0 Å². The predicted molar refractivity (Wildman–Crippen MR) is 78.7 cm³/mol. The Hall–Kier alpha value is -1.35. The van der Waals surface area contributed by atoms with Crippen LogP contribution in [0.5, 0.6) is 0 Å². The molecule has 0 atom stereocenters. The number of hydrogen-bond donors (Lipinski definition) is 0. The third-order valence-corrected chi connectivity index (χ3v) is 4.34. The van der Waals surface area contributed by atoms with Crippen molar-refractivity contribution in [2.45, 2.75) is 27.7 Å². The van der Waals surface area contributed by atoms with Crippen LogP contribution < -0.4 is 5.43 Å². The predicted octanol–water partition coefficient (Wildman–Crippen LogP) is 3.83. The zero-order valence-corrected chi connectivity index (χ0v) is 12.6. The van der Waals surface area contributed by atoms with Crippen LogP contribution in [0.15, 0.2) is 33.5 Å². The van der Waals surface area contributed by atoms with Crippen molar-refractivity contribution >= 4 is 15.9 Å². The molecule has 2 rings (SSSR count). The van der Waals surface area contributed by atoms with Crippen molar-refractivity contribution < 1.29 is 0 Å². The van der Waals surface area contributed by atoms with E-state index in [0.717, 1.165) is 21.5 Å². The van der Waals surface area contributed by atoms with E-state index in [4.69, 9.17) is 0 Å². The first-order valence-electron chi connectivity index (χ1n) is 5.87. The largest absolute Gasteiger partial charge is 0.318 e. The fourth-order valence-electron chi connectivity index (χ4n) is 2.32. The summed E-state index contributed by atoms with van der Waals surface area (Å²) in [7, 11) is 0. The molecule has 0 aliphatic carbocycles. The van der Waals surface area contributed by atoms with Gasteiger partial charge in [-0.2, -0.15) is 0 Å². The summed E-state index contributed by atoms with van der Waals surface area (Å²) in [4.78, 5) is 11.5. The van der Waals surface area contributed by atoms with E-state index in [1.54, 1.807) is 12.1 Å². The molecule has 1 aromatic carbocycles. The smallest absolute Gasteiger partial charge is 0.182 e. The van der Waals surface area contributed by atoms with E-state index in [2.05, 4.69) is 46.5 Å². The van der Waals surface area contributed by atoms with Gasteiger partial charge in [-0.3, -0.25) is 4.79 Å². The van der Waals surface area contributed by atoms with Gasteiger partial charge in [0.25, 0.3) is 0 Å². The van der Waals surface area contributed by atoms with Gasteiger partial charge >= 0.3 is 0 Å². The number of aromatic nitrogens is 1. The molecule has 0 spiro atoms. The molecule has 0 saturated carbocycles. The molecule has 0 fully saturated rings. The van der Waals surface area contributed by atoms with Crippen molar-refractivity contribution in [1.82, 2.24) is 4.57 Å². The quantitative estimate of drug-likeness (QED) is 0.785. The van der Waals surface area contributed by atoms with Gasteiger partial charge in [-0.15, -0.1) is 0 Å². The maximum Gasteiger partial charge on any atom is 0.182 e. The van der Waals surface area contributed by atoms with E-state index in [0.29, 0.717) is 0 Å². The molecule has 94 valence electrons. The summed E-state index contributed by atoms with van der Waals surface area (Å²) >= 11 is 3.58. The van der Waals surface area contributed by atoms with Gasteiger partial charge in [0.2, 0.25) is 0 Å². The van der Waals surface area contributed by atoms with Crippen molar-refractivity contribution in [1.29, 1.82) is 0 Å². The molecule has 18 heavy (non-hydrogen) atoms. The highest BCUT2D eigenvalue weighted by Gasteiger charge is 2.07. The first-order chi connectivity index (χ1) is 8.40. The van der Waals surface area contributed by atoms with Crippen LogP contribution in [0.2, 0.25) is 0 Å². The monoisotopic (exact) mass is 305 g/mol. The lowest BCUT2D eigenvalue weighted by atomic mass is 10.1. The number of halogens is 1. The number of benzene rings is 1. The summed E-state index contributed by atoms with van der Waals surface area (Å²) in [5.74, 6) is 0. The normalized spacial score (nSPS) is 10.7. The summed E-state index contributed by atoms with van der Waals surface area (Å²) in [6.07, 6.45) is 0. The Morgan fingerprint density at radius 2 is 1.33 bits per heavy atom. The van der Waals surface area contributed by atoms with Crippen LogP contribution >= 0.6 is 15.9 Å². The van der Waals surface area contributed by atoms with Crippen molar-refractivity contribution in [3.05, 3.63) is 61.5 Å². The minimum Gasteiger partial charge on any atom is -0.318 e. The lowest BCUT2D eigenvalue weighted by Gasteiger charge is -2.16. The molecule has 0 aliphatic heterocycles. The maximum absolute atomic E-state index is 11.5. The lowest BCUT2D eigenvalue weighted by molar-refractivity contribution is 0.918. The van der Waals surface area contributed by atoms with E-state index >= 15 is 0 Å². The Bertz CT molecular complexity index is 621. The molecule has 1 aromatic heterocycles. The van der Waals surface area contributed by atoms with E-state index in [9.17, 15) is 4.79 Å². The molecule has 0 aliphatic rings. The molecule has 0 bridgehead atoms. The number of pyridine rings is 1. The van der Waals surface area contributed by atoms with Crippen molar-refractivity contribution in [3.63, 3.8) is 0 Å². The second-order valence-corrected chi connectivity index (χ2v) is 5.50. The van der Waals surface area contributed by atoms with Gasteiger partial charge in [0, 0.05) is 33.7 Å². The average molecular weight is 306 g/mol. The zero-order chi connectivity index (χ0) is 13.4. The summed E-state index contributed by atoms with van der Waals surface area (Å²) in [5.41, 5.74) is 5.47. The first-order valence-corrected chi connectivity index (χ1v) is 6.67. The molecule has 3 heteroatoms. The Balaban J connectivity index is 2.74. The van der Waals surface area contributed by atoms with Crippen LogP contribution in [0.25, 0.3) is 5.69 Å². The van der Waals surface area contributed by atoms with E-state index < -0.39 is 0 Å². The lowest BCUT2D eigenvalue weighted by Crippen LogP contribution is -2.11. The average Bonchev–Trinajstić information content (AvgIpc) is 2.24. The Morgan fingerprint density at radius 1 is 0.889 bits per heavy atom. The highest BCUT2D eigenvalue weighted by molar-refractivity contribution is 9.10. The summed E-state index contributed by atoms with van der Waals surface area (Å²) in [6, 6.07) is 7.59. The summed E-state index contributed by atoms with van der Waals surface area (Å²) in [6.45, 7) is 8.07. The van der Waals surface area contributed by atoms with Gasteiger partial charge in [-0.1, -0.05) is 15.9 Å². The van der Waals surface area contributed by atoms with E-state index in [-0.39, 0.29) is 5.43 Å². The van der Waals surface area contributed by atoms with Crippen molar-refractivity contribution in [2.24, 2.45) is 0 Å². The molecule has 0 saturated heterocycles. The number of rotatable bonds is 1. The van der Waals surface area contributed by atoms with Gasteiger partial charge < -0.3 is 4.57 Å². The summed E-state index contributed by atoms with van der Waals surface area (Å²) in [5, 5.41) is 0. The van der Waals surface area contributed by atoms with Crippen LogP contribution in [-0.2, 0) is 0 Å². The molecule has 0 radical (unpaired) electrons. The second kappa shape index (κ2) is 4.73. The Kier molecular flexibility index (Phi) is 3.44. The topological polar surface area (TPSA) is 22.0 Å². The van der Waals surface area contributed by atoms with Gasteiger partial charge in [0.05, 0.1) is 0 Å². The van der Waals surface area contributed by atoms with Crippen LogP contribution in [-0.4, -0.2) is 4.57 Å². The van der Waals surface area contributed by atoms with Gasteiger partial charge in [0.1, 0.15) is 0 Å². The first kappa shape index (κ1) is 13.1. The fourth-order valence-corrected chi connectivity index (χ4v) is 2.55. The SMILES string of the molecule is Cc1cc(-n2c(C)cc(=O)cc2C)cc(C)c1Br. The third kappa shape index (κ3) is 2.27. The number of nitrogens with zero attached hydrogens (tertiary/aromatic N) is 1. The molecule has 0 amide bonds. The highest BCUT2D eigenvalue weighted by atomic mass is 79.9. The minimum absolute atomic E-state index is 0.0619. The molecular formula is C15H16BrNO. The Morgan fingerprint density at radius 3 is 1.78 bits per heavy atom. The third-order valence-electron chi connectivity index (χ3n) is 3.09. The van der Waals surface area contributed by atoms with Crippen LogP contribution in [0.4, 0.5) is 0 Å². The van der Waals surface area contributed by atoms with Gasteiger partial charge in [-0.25, -0.2) is 0 Å².